The molecule has 1 fully saturated rings. The van der Waals surface area contributed by atoms with Crippen LogP contribution in [0.5, 0.6) is 0 Å². The molecule has 1 aromatic rings. The molecule has 1 aliphatic rings. The van der Waals surface area contributed by atoms with Crippen LogP contribution in [0.1, 0.15) is 16.8 Å². The zero-order valence-corrected chi connectivity index (χ0v) is 14.1. The molecule has 1 aromatic carbocycles. The Balaban J connectivity index is 1.98. The molecule has 2 rings (SSSR count). The minimum Gasteiger partial charge on any atom is -0.380 e. The normalized spacial score (nSPS) is 16.0. The molecule has 23 heavy (non-hydrogen) atoms. The summed E-state index contributed by atoms with van der Waals surface area (Å²) in [6, 6.07) is 7.03. The lowest BCUT2D eigenvalue weighted by atomic mass is 10.1. The second-order valence-corrected chi connectivity index (χ2v) is 6.56. The van der Waals surface area contributed by atoms with Crippen LogP contribution in [0.15, 0.2) is 24.3 Å². The van der Waals surface area contributed by atoms with Gasteiger partial charge in [0.05, 0.1) is 12.5 Å². The van der Waals surface area contributed by atoms with E-state index in [-0.39, 0.29) is 30.9 Å². The van der Waals surface area contributed by atoms with E-state index in [0.29, 0.717) is 11.3 Å². The molecular formula is C16H23N3O3S. The van der Waals surface area contributed by atoms with E-state index in [9.17, 15) is 9.59 Å². The smallest absolute Gasteiger partial charge is 0.253 e. The van der Waals surface area contributed by atoms with Crippen LogP contribution in [0.3, 0.4) is 0 Å². The third-order valence-electron chi connectivity index (χ3n) is 3.70. The molecule has 1 aliphatic heterocycles. The SMILES string of the molecule is COC(CN)CC(=O)Nc1cccc(C(=O)N2CCSCC2)c1. The molecule has 1 heterocycles. The van der Waals surface area contributed by atoms with E-state index in [4.69, 9.17) is 10.5 Å². The van der Waals surface area contributed by atoms with Gasteiger partial charge in [-0.05, 0) is 18.2 Å². The Morgan fingerprint density at radius 1 is 1.39 bits per heavy atom. The van der Waals surface area contributed by atoms with E-state index < -0.39 is 0 Å². The van der Waals surface area contributed by atoms with Crippen LogP contribution in [-0.4, -0.2) is 61.1 Å². The first kappa shape index (κ1) is 17.8. The molecular weight excluding hydrogens is 314 g/mol. The van der Waals surface area contributed by atoms with Gasteiger partial charge >= 0.3 is 0 Å². The molecule has 1 atom stereocenters. The van der Waals surface area contributed by atoms with Gasteiger partial charge in [0.1, 0.15) is 0 Å². The van der Waals surface area contributed by atoms with Gasteiger partial charge in [0, 0.05) is 49.5 Å². The number of nitrogens with one attached hydrogen (secondary N) is 1. The van der Waals surface area contributed by atoms with Crippen molar-refractivity contribution >= 4 is 29.3 Å². The summed E-state index contributed by atoms with van der Waals surface area (Å²) >= 11 is 1.86. The number of thioether (sulfide) groups is 1. The second kappa shape index (κ2) is 8.90. The van der Waals surface area contributed by atoms with E-state index in [2.05, 4.69) is 5.32 Å². The third kappa shape index (κ3) is 5.23. The number of nitrogens with zero attached hydrogens (tertiary/aromatic N) is 1. The molecule has 7 heteroatoms. The topological polar surface area (TPSA) is 84.7 Å². The van der Waals surface area contributed by atoms with E-state index in [1.165, 1.54) is 7.11 Å². The monoisotopic (exact) mass is 337 g/mol. The van der Waals surface area contributed by atoms with Crippen molar-refractivity contribution < 1.29 is 14.3 Å². The summed E-state index contributed by atoms with van der Waals surface area (Å²) in [6.07, 6.45) is -0.111. The average Bonchev–Trinajstić information content (AvgIpc) is 2.60. The molecule has 0 saturated carbocycles. The van der Waals surface area contributed by atoms with Gasteiger partial charge in [-0.1, -0.05) is 6.07 Å². The fraction of sp³-hybridized carbons (Fsp3) is 0.500. The second-order valence-electron chi connectivity index (χ2n) is 5.33. The van der Waals surface area contributed by atoms with Gasteiger partial charge in [-0.2, -0.15) is 11.8 Å². The van der Waals surface area contributed by atoms with Gasteiger partial charge < -0.3 is 20.7 Å². The van der Waals surface area contributed by atoms with Crippen LogP contribution in [0, 0.1) is 0 Å². The van der Waals surface area contributed by atoms with Gasteiger partial charge in [-0.3, -0.25) is 9.59 Å². The number of nitrogens with two attached hydrogens (primary N) is 1. The Morgan fingerprint density at radius 3 is 2.78 bits per heavy atom. The van der Waals surface area contributed by atoms with Crippen molar-refractivity contribution in [2.24, 2.45) is 5.73 Å². The summed E-state index contributed by atoms with van der Waals surface area (Å²) in [5, 5.41) is 2.79. The van der Waals surface area contributed by atoms with Crippen LogP contribution < -0.4 is 11.1 Å². The van der Waals surface area contributed by atoms with Crippen molar-refractivity contribution in [3.8, 4) is 0 Å². The number of carbonyl (C=O) groups excluding carboxylic acids is 2. The minimum absolute atomic E-state index is 0.0122. The zero-order chi connectivity index (χ0) is 16.7. The van der Waals surface area contributed by atoms with E-state index in [1.807, 2.05) is 16.7 Å². The highest BCUT2D eigenvalue weighted by Crippen LogP contribution is 2.16. The summed E-state index contributed by atoms with van der Waals surface area (Å²) in [4.78, 5) is 26.3. The number of amides is 2. The summed E-state index contributed by atoms with van der Waals surface area (Å²) < 4.78 is 5.10. The van der Waals surface area contributed by atoms with E-state index >= 15 is 0 Å². The van der Waals surface area contributed by atoms with Crippen LogP contribution in [0.25, 0.3) is 0 Å². The predicted octanol–water partition coefficient (Wildman–Crippen LogP) is 1.18. The van der Waals surface area contributed by atoms with Crippen molar-refractivity contribution in [1.29, 1.82) is 0 Å². The summed E-state index contributed by atoms with van der Waals surface area (Å²) in [6.45, 7) is 1.83. The molecule has 0 aliphatic carbocycles. The molecule has 3 N–H and O–H groups in total. The fourth-order valence-electron chi connectivity index (χ4n) is 2.36. The van der Waals surface area contributed by atoms with Crippen molar-refractivity contribution in [1.82, 2.24) is 4.90 Å². The van der Waals surface area contributed by atoms with Gasteiger partial charge in [0.15, 0.2) is 0 Å². The number of rotatable bonds is 6. The first-order valence-corrected chi connectivity index (χ1v) is 8.79. The molecule has 0 spiro atoms. The summed E-state index contributed by atoms with van der Waals surface area (Å²) in [5.41, 5.74) is 6.72. The molecule has 126 valence electrons. The average molecular weight is 337 g/mol. The highest BCUT2D eigenvalue weighted by molar-refractivity contribution is 7.99. The van der Waals surface area contributed by atoms with Gasteiger partial charge in [0.25, 0.3) is 5.91 Å². The lowest BCUT2D eigenvalue weighted by Gasteiger charge is -2.26. The van der Waals surface area contributed by atoms with Crippen molar-refractivity contribution in [3.63, 3.8) is 0 Å². The Morgan fingerprint density at radius 2 is 2.13 bits per heavy atom. The Labute approximate surface area is 140 Å². The standard InChI is InChI=1S/C16H23N3O3S/c1-22-14(11-17)10-15(20)18-13-4-2-3-12(9-13)16(21)19-5-7-23-8-6-19/h2-4,9,14H,5-8,10-11,17H2,1H3,(H,18,20). The molecule has 2 amide bonds. The van der Waals surface area contributed by atoms with Gasteiger partial charge in [0.2, 0.25) is 5.91 Å². The number of benzene rings is 1. The molecule has 1 unspecified atom stereocenters. The highest BCUT2D eigenvalue weighted by Gasteiger charge is 2.19. The maximum Gasteiger partial charge on any atom is 0.253 e. The van der Waals surface area contributed by atoms with E-state index in [1.54, 1.807) is 24.3 Å². The Hall–Kier alpha value is -1.57. The Bertz CT molecular complexity index is 543. The molecule has 1 saturated heterocycles. The first-order valence-electron chi connectivity index (χ1n) is 7.64. The van der Waals surface area contributed by atoms with E-state index in [0.717, 1.165) is 24.6 Å². The van der Waals surface area contributed by atoms with Crippen LogP contribution >= 0.6 is 11.8 Å². The van der Waals surface area contributed by atoms with Gasteiger partial charge in [-0.25, -0.2) is 0 Å². The van der Waals surface area contributed by atoms with Crippen LogP contribution in [0.2, 0.25) is 0 Å². The minimum atomic E-state index is -0.300. The Kier molecular flexibility index (Phi) is 6.88. The van der Waals surface area contributed by atoms with Crippen LogP contribution in [-0.2, 0) is 9.53 Å². The summed E-state index contributed by atoms with van der Waals surface area (Å²) in [7, 11) is 1.53. The lowest BCUT2D eigenvalue weighted by Crippen LogP contribution is -2.37. The number of anilines is 1. The van der Waals surface area contributed by atoms with Crippen molar-refractivity contribution in [3.05, 3.63) is 29.8 Å². The van der Waals surface area contributed by atoms with Crippen LogP contribution in [0.4, 0.5) is 5.69 Å². The molecule has 0 bridgehead atoms. The quantitative estimate of drug-likeness (QED) is 0.814. The zero-order valence-electron chi connectivity index (χ0n) is 13.3. The number of carbonyl (C=O) groups is 2. The molecule has 0 aromatic heterocycles. The van der Waals surface area contributed by atoms with Crippen molar-refractivity contribution in [2.45, 2.75) is 12.5 Å². The van der Waals surface area contributed by atoms with Gasteiger partial charge in [-0.15, -0.1) is 0 Å². The highest BCUT2D eigenvalue weighted by atomic mass is 32.2. The number of ether oxygens (including phenoxy) is 1. The molecule has 0 radical (unpaired) electrons. The number of hydrogen-bond acceptors (Lipinski definition) is 5. The summed E-state index contributed by atoms with van der Waals surface area (Å²) in [5.74, 6) is 1.78. The predicted molar refractivity (Wildman–Crippen MR) is 92.8 cm³/mol. The number of methoxy groups -OCH3 is 1. The molecule has 6 nitrogen and oxygen atoms in total. The first-order chi connectivity index (χ1) is 11.1. The fourth-order valence-corrected chi connectivity index (χ4v) is 3.26. The third-order valence-corrected chi connectivity index (χ3v) is 4.64. The lowest BCUT2D eigenvalue weighted by molar-refractivity contribution is -0.118. The maximum atomic E-state index is 12.5. The maximum absolute atomic E-state index is 12.5. The number of hydrogen-bond donors (Lipinski definition) is 2. The largest absolute Gasteiger partial charge is 0.380 e. The van der Waals surface area contributed by atoms with Crippen molar-refractivity contribution in [2.75, 3.05) is 43.6 Å².